The lowest BCUT2D eigenvalue weighted by Crippen LogP contribution is -2.44. The Morgan fingerprint density at radius 1 is 1.07 bits per heavy atom. The van der Waals surface area contributed by atoms with Crippen molar-refractivity contribution in [3.8, 4) is 5.69 Å². The molecular formula is C12H16N2Si. The summed E-state index contributed by atoms with van der Waals surface area (Å²) < 4.78 is 2.20. The highest BCUT2D eigenvalue weighted by molar-refractivity contribution is 6.87. The Morgan fingerprint density at radius 3 is 2.33 bits per heavy atom. The van der Waals surface area contributed by atoms with Crippen LogP contribution in [0.4, 0.5) is 0 Å². The van der Waals surface area contributed by atoms with Crippen molar-refractivity contribution < 1.29 is 0 Å². The van der Waals surface area contributed by atoms with Crippen molar-refractivity contribution in [2.75, 3.05) is 0 Å². The average Bonchev–Trinajstić information content (AvgIpc) is 2.67. The van der Waals surface area contributed by atoms with Crippen molar-refractivity contribution in [2.24, 2.45) is 0 Å². The fourth-order valence-corrected chi connectivity index (χ4v) is 3.04. The number of nitrogens with zero attached hydrogens (tertiary/aromatic N) is 2. The van der Waals surface area contributed by atoms with Gasteiger partial charge in [0.15, 0.2) is 0 Å². The van der Waals surface area contributed by atoms with Gasteiger partial charge in [0.2, 0.25) is 0 Å². The minimum Gasteiger partial charge on any atom is -0.308 e. The number of imidazole rings is 1. The summed E-state index contributed by atoms with van der Waals surface area (Å²) in [6.07, 6.45) is 3.93. The van der Waals surface area contributed by atoms with Gasteiger partial charge in [0, 0.05) is 18.1 Å². The lowest BCUT2D eigenvalue weighted by atomic mass is 10.3. The van der Waals surface area contributed by atoms with E-state index in [2.05, 4.69) is 53.5 Å². The monoisotopic (exact) mass is 216 g/mol. The van der Waals surface area contributed by atoms with Crippen LogP contribution in [0.15, 0.2) is 42.7 Å². The van der Waals surface area contributed by atoms with Crippen LogP contribution in [0.1, 0.15) is 0 Å². The number of hydrogen-bond acceptors (Lipinski definition) is 1. The summed E-state index contributed by atoms with van der Waals surface area (Å²) in [5, 5.41) is 0. The van der Waals surface area contributed by atoms with Gasteiger partial charge in [-0.3, -0.25) is 0 Å². The van der Waals surface area contributed by atoms with E-state index in [9.17, 15) is 0 Å². The molecule has 15 heavy (non-hydrogen) atoms. The smallest absolute Gasteiger partial charge is 0.123 e. The molecular weight excluding hydrogens is 200 g/mol. The van der Waals surface area contributed by atoms with E-state index in [4.69, 9.17) is 0 Å². The quantitative estimate of drug-likeness (QED) is 0.705. The zero-order valence-electron chi connectivity index (χ0n) is 9.44. The molecule has 3 heteroatoms. The molecule has 0 bridgehead atoms. The first-order valence-electron chi connectivity index (χ1n) is 5.18. The van der Waals surface area contributed by atoms with Crippen LogP contribution in [-0.2, 0) is 0 Å². The molecule has 2 aromatic rings. The van der Waals surface area contributed by atoms with E-state index < -0.39 is 8.07 Å². The predicted molar refractivity (Wildman–Crippen MR) is 66.5 cm³/mol. The van der Waals surface area contributed by atoms with Crippen molar-refractivity contribution in [3.63, 3.8) is 0 Å². The Kier molecular flexibility index (Phi) is 2.48. The number of benzene rings is 1. The lowest BCUT2D eigenvalue weighted by molar-refractivity contribution is 1.09. The zero-order valence-corrected chi connectivity index (χ0v) is 10.4. The second-order valence-electron chi connectivity index (χ2n) is 4.71. The van der Waals surface area contributed by atoms with Crippen molar-refractivity contribution in [1.82, 2.24) is 9.55 Å². The molecule has 0 amide bonds. The van der Waals surface area contributed by atoms with Gasteiger partial charge >= 0.3 is 0 Å². The van der Waals surface area contributed by atoms with Crippen LogP contribution in [0.2, 0.25) is 19.6 Å². The summed E-state index contributed by atoms with van der Waals surface area (Å²) >= 11 is 0. The van der Waals surface area contributed by atoms with Crippen molar-refractivity contribution in [3.05, 3.63) is 42.7 Å². The highest BCUT2D eigenvalue weighted by atomic mass is 28.3. The molecule has 2 rings (SSSR count). The normalized spacial score (nSPS) is 11.7. The molecule has 1 aromatic carbocycles. The first kappa shape index (κ1) is 10.2. The largest absolute Gasteiger partial charge is 0.308 e. The molecule has 2 nitrogen and oxygen atoms in total. The molecule has 0 saturated carbocycles. The number of rotatable bonds is 2. The van der Waals surface area contributed by atoms with Gasteiger partial charge in [-0.15, -0.1) is 0 Å². The summed E-state index contributed by atoms with van der Waals surface area (Å²) in [5.41, 5.74) is 2.43. The second kappa shape index (κ2) is 3.66. The number of hydrogen-bond donors (Lipinski definition) is 0. The number of para-hydroxylation sites is 1. The Balaban J connectivity index is 2.51. The third-order valence-electron chi connectivity index (χ3n) is 2.35. The van der Waals surface area contributed by atoms with E-state index in [0.717, 1.165) is 0 Å². The lowest BCUT2D eigenvalue weighted by Gasteiger charge is -2.17. The van der Waals surface area contributed by atoms with Gasteiger partial charge in [-0.05, 0) is 12.1 Å². The predicted octanol–water partition coefficient (Wildman–Crippen LogP) is 2.42. The number of aromatic nitrogens is 2. The maximum atomic E-state index is 4.49. The molecule has 0 atom stereocenters. The van der Waals surface area contributed by atoms with E-state index in [0.29, 0.717) is 0 Å². The van der Waals surface area contributed by atoms with E-state index in [1.165, 1.54) is 11.1 Å². The van der Waals surface area contributed by atoms with E-state index in [1.807, 2.05) is 18.5 Å². The summed E-state index contributed by atoms with van der Waals surface area (Å²) in [6.45, 7) is 6.94. The maximum Gasteiger partial charge on any atom is 0.123 e. The fourth-order valence-electron chi connectivity index (χ4n) is 1.66. The summed E-state index contributed by atoms with van der Waals surface area (Å²) in [5.74, 6) is 0. The van der Waals surface area contributed by atoms with Gasteiger partial charge in [0.1, 0.15) is 8.07 Å². The SMILES string of the molecule is C[Si](C)(C)c1nccn1-c1ccccc1. The molecule has 0 N–H and O–H groups in total. The Bertz CT molecular complexity index is 440. The Labute approximate surface area is 91.6 Å². The standard InChI is InChI=1S/C12H16N2Si/c1-15(2,3)12-13-9-10-14(12)11-7-5-4-6-8-11/h4-10H,1-3H3. The molecule has 0 unspecified atom stereocenters. The minimum absolute atomic E-state index is 1.20. The van der Waals surface area contributed by atoms with Crippen LogP contribution in [0.25, 0.3) is 5.69 Å². The molecule has 0 fully saturated rings. The van der Waals surface area contributed by atoms with Crippen molar-refractivity contribution in [1.29, 1.82) is 0 Å². The first-order chi connectivity index (χ1) is 7.09. The molecule has 0 saturated heterocycles. The van der Waals surface area contributed by atoms with Crippen molar-refractivity contribution in [2.45, 2.75) is 19.6 Å². The first-order valence-corrected chi connectivity index (χ1v) is 8.68. The van der Waals surface area contributed by atoms with E-state index in [1.54, 1.807) is 0 Å². The highest BCUT2D eigenvalue weighted by Crippen LogP contribution is 2.08. The molecule has 0 aliphatic rings. The zero-order chi connectivity index (χ0) is 10.9. The second-order valence-corrected chi connectivity index (χ2v) is 9.65. The van der Waals surface area contributed by atoms with Gasteiger partial charge in [0.05, 0.1) is 5.45 Å². The van der Waals surface area contributed by atoms with Crippen LogP contribution in [0.3, 0.4) is 0 Å². The van der Waals surface area contributed by atoms with Crippen LogP contribution >= 0.6 is 0 Å². The van der Waals surface area contributed by atoms with Crippen LogP contribution in [0.5, 0.6) is 0 Å². The van der Waals surface area contributed by atoms with Gasteiger partial charge in [-0.2, -0.15) is 0 Å². The molecule has 0 aliphatic carbocycles. The van der Waals surface area contributed by atoms with Gasteiger partial charge < -0.3 is 4.57 Å². The fraction of sp³-hybridized carbons (Fsp3) is 0.250. The van der Waals surface area contributed by atoms with Gasteiger partial charge in [0.25, 0.3) is 0 Å². The third kappa shape index (κ3) is 2.02. The topological polar surface area (TPSA) is 17.8 Å². The molecule has 1 heterocycles. The third-order valence-corrected chi connectivity index (χ3v) is 4.06. The molecule has 0 radical (unpaired) electrons. The van der Waals surface area contributed by atoms with E-state index >= 15 is 0 Å². The Hall–Kier alpha value is -1.35. The van der Waals surface area contributed by atoms with Gasteiger partial charge in [-0.1, -0.05) is 37.8 Å². The summed E-state index contributed by atoms with van der Waals surface area (Å²) in [4.78, 5) is 4.49. The average molecular weight is 216 g/mol. The molecule has 0 aliphatic heterocycles. The highest BCUT2D eigenvalue weighted by Gasteiger charge is 2.22. The summed E-state index contributed by atoms with van der Waals surface area (Å²) in [6, 6.07) is 10.4. The summed E-state index contributed by atoms with van der Waals surface area (Å²) in [7, 11) is -1.36. The minimum atomic E-state index is -1.36. The van der Waals surface area contributed by atoms with Crippen molar-refractivity contribution >= 4 is 13.5 Å². The molecule has 1 aromatic heterocycles. The van der Waals surface area contributed by atoms with Crippen LogP contribution in [0, 0.1) is 0 Å². The Morgan fingerprint density at radius 2 is 1.73 bits per heavy atom. The van der Waals surface area contributed by atoms with Crippen LogP contribution < -0.4 is 5.45 Å². The maximum absolute atomic E-state index is 4.49. The molecule has 78 valence electrons. The van der Waals surface area contributed by atoms with Gasteiger partial charge in [-0.25, -0.2) is 4.98 Å². The van der Waals surface area contributed by atoms with Crippen LogP contribution in [-0.4, -0.2) is 17.6 Å². The molecule has 0 spiro atoms. The van der Waals surface area contributed by atoms with E-state index in [-0.39, 0.29) is 0 Å².